The molecule has 21 heavy (non-hydrogen) atoms. The molecule has 0 aliphatic rings. The van der Waals surface area contributed by atoms with Crippen LogP contribution in [-0.2, 0) is 9.59 Å². The van der Waals surface area contributed by atoms with Gasteiger partial charge in [0.2, 0.25) is 0 Å². The highest BCUT2D eigenvalue weighted by Gasteiger charge is 2.27. The van der Waals surface area contributed by atoms with Crippen LogP contribution in [0.25, 0.3) is 0 Å². The van der Waals surface area contributed by atoms with Crippen molar-refractivity contribution in [2.24, 2.45) is 0 Å². The van der Waals surface area contributed by atoms with Gasteiger partial charge >= 0.3 is 0 Å². The number of para-hydroxylation sites is 1. The molecule has 0 radical (unpaired) electrons. The summed E-state index contributed by atoms with van der Waals surface area (Å²) in [6.07, 6.45) is 0. The van der Waals surface area contributed by atoms with Gasteiger partial charge in [0.05, 0.1) is 7.05 Å². The SMILES string of the molecule is CC(C)NC(=O)C[NH+](C)[C@@H](C)C(=O)N(C)c1ccccc1. The zero-order valence-corrected chi connectivity index (χ0v) is 13.5. The second-order valence-corrected chi connectivity index (χ2v) is 5.70. The quantitative estimate of drug-likeness (QED) is 0.780. The van der Waals surface area contributed by atoms with Crippen LogP contribution < -0.4 is 15.1 Å². The number of anilines is 1. The first-order valence-corrected chi connectivity index (χ1v) is 7.27. The van der Waals surface area contributed by atoms with Crippen LogP contribution in [-0.4, -0.2) is 44.5 Å². The first kappa shape index (κ1) is 17.2. The van der Waals surface area contributed by atoms with E-state index in [9.17, 15) is 9.59 Å². The lowest BCUT2D eigenvalue weighted by atomic mass is 10.2. The molecule has 0 aromatic heterocycles. The molecule has 116 valence electrons. The molecule has 0 saturated carbocycles. The van der Waals surface area contributed by atoms with Crippen LogP contribution in [0.3, 0.4) is 0 Å². The summed E-state index contributed by atoms with van der Waals surface area (Å²) in [6, 6.07) is 9.33. The van der Waals surface area contributed by atoms with E-state index in [0.29, 0.717) is 0 Å². The topological polar surface area (TPSA) is 53.9 Å². The Morgan fingerprint density at radius 3 is 2.29 bits per heavy atom. The Morgan fingerprint density at radius 1 is 1.19 bits per heavy atom. The van der Waals surface area contributed by atoms with E-state index in [-0.39, 0.29) is 30.4 Å². The second kappa shape index (κ2) is 7.78. The largest absolute Gasteiger partial charge is 0.349 e. The highest BCUT2D eigenvalue weighted by molar-refractivity contribution is 5.95. The molecule has 0 aliphatic carbocycles. The van der Waals surface area contributed by atoms with Crippen molar-refractivity contribution < 1.29 is 14.5 Å². The number of carbonyl (C=O) groups excluding carboxylic acids is 2. The van der Waals surface area contributed by atoms with Crippen molar-refractivity contribution >= 4 is 17.5 Å². The van der Waals surface area contributed by atoms with Gasteiger partial charge in [0, 0.05) is 18.8 Å². The van der Waals surface area contributed by atoms with Crippen LogP contribution in [0.2, 0.25) is 0 Å². The monoisotopic (exact) mass is 292 g/mol. The third-order valence-electron chi connectivity index (χ3n) is 3.47. The first-order valence-electron chi connectivity index (χ1n) is 7.27. The van der Waals surface area contributed by atoms with Gasteiger partial charge in [-0.15, -0.1) is 0 Å². The third-order valence-corrected chi connectivity index (χ3v) is 3.47. The van der Waals surface area contributed by atoms with Crippen molar-refractivity contribution in [2.75, 3.05) is 25.5 Å². The smallest absolute Gasteiger partial charge is 0.284 e. The molecule has 1 aromatic carbocycles. The summed E-state index contributed by atoms with van der Waals surface area (Å²) < 4.78 is 0. The highest BCUT2D eigenvalue weighted by Crippen LogP contribution is 2.11. The van der Waals surface area contributed by atoms with Crippen LogP contribution >= 0.6 is 0 Å². The van der Waals surface area contributed by atoms with Crippen LogP contribution in [0.15, 0.2) is 30.3 Å². The average Bonchev–Trinajstić information content (AvgIpc) is 2.44. The number of rotatable bonds is 6. The molecule has 0 saturated heterocycles. The Balaban J connectivity index is 2.63. The van der Waals surface area contributed by atoms with Gasteiger partial charge in [0.1, 0.15) is 0 Å². The van der Waals surface area contributed by atoms with Gasteiger partial charge in [0.15, 0.2) is 12.6 Å². The van der Waals surface area contributed by atoms with Crippen molar-refractivity contribution in [3.05, 3.63) is 30.3 Å². The zero-order valence-electron chi connectivity index (χ0n) is 13.5. The Morgan fingerprint density at radius 2 is 1.76 bits per heavy atom. The van der Waals surface area contributed by atoms with Gasteiger partial charge in [-0.1, -0.05) is 18.2 Å². The van der Waals surface area contributed by atoms with Gasteiger partial charge in [0.25, 0.3) is 11.8 Å². The van der Waals surface area contributed by atoms with E-state index in [1.165, 1.54) is 0 Å². The Labute approximate surface area is 126 Å². The summed E-state index contributed by atoms with van der Waals surface area (Å²) in [5.41, 5.74) is 0.855. The van der Waals surface area contributed by atoms with Crippen molar-refractivity contribution in [3.63, 3.8) is 0 Å². The van der Waals surface area contributed by atoms with Crippen LogP contribution in [0.1, 0.15) is 20.8 Å². The minimum Gasteiger partial charge on any atom is -0.349 e. The van der Waals surface area contributed by atoms with Gasteiger partial charge in [-0.2, -0.15) is 0 Å². The third kappa shape index (κ3) is 5.19. The Bertz CT molecular complexity index is 474. The maximum Gasteiger partial charge on any atom is 0.284 e. The molecule has 0 bridgehead atoms. The zero-order chi connectivity index (χ0) is 16.0. The number of benzene rings is 1. The van der Waals surface area contributed by atoms with E-state index in [4.69, 9.17) is 0 Å². The first-order chi connectivity index (χ1) is 9.82. The summed E-state index contributed by atoms with van der Waals surface area (Å²) in [5.74, 6) is -0.0411. The van der Waals surface area contributed by atoms with Gasteiger partial charge in [-0.05, 0) is 32.9 Å². The molecule has 2 atom stereocenters. The minimum absolute atomic E-state index is 0.00366. The molecule has 0 fully saturated rings. The number of quaternary nitrogens is 1. The summed E-state index contributed by atoms with van der Waals surface area (Å²) in [6.45, 7) is 5.98. The molecular weight excluding hydrogens is 266 g/mol. The van der Waals surface area contributed by atoms with Crippen molar-refractivity contribution in [3.8, 4) is 0 Å². The maximum absolute atomic E-state index is 12.5. The number of nitrogens with one attached hydrogen (secondary N) is 2. The molecule has 1 unspecified atom stereocenters. The summed E-state index contributed by atoms with van der Waals surface area (Å²) in [7, 11) is 3.62. The van der Waals surface area contributed by atoms with Gasteiger partial charge < -0.3 is 15.1 Å². The summed E-state index contributed by atoms with van der Waals surface area (Å²) in [5, 5.41) is 2.84. The normalized spacial score (nSPS) is 13.6. The lowest BCUT2D eigenvalue weighted by Gasteiger charge is -2.25. The number of hydrogen-bond donors (Lipinski definition) is 2. The molecular formula is C16H26N3O2+. The highest BCUT2D eigenvalue weighted by atomic mass is 16.2. The lowest BCUT2D eigenvalue weighted by molar-refractivity contribution is -0.885. The van der Waals surface area contributed by atoms with E-state index in [0.717, 1.165) is 10.6 Å². The van der Waals surface area contributed by atoms with E-state index in [2.05, 4.69) is 5.32 Å². The summed E-state index contributed by atoms with van der Waals surface area (Å²) in [4.78, 5) is 26.7. The molecule has 0 heterocycles. The molecule has 2 N–H and O–H groups in total. The fraction of sp³-hybridized carbons (Fsp3) is 0.500. The fourth-order valence-electron chi connectivity index (χ4n) is 2.06. The predicted octanol–water partition coefficient (Wildman–Crippen LogP) is 0.0772. The van der Waals surface area contributed by atoms with Crippen LogP contribution in [0.4, 0.5) is 5.69 Å². The van der Waals surface area contributed by atoms with Crippen molar-refractivity contribution in [2.45, 2.75) is 32.9 Å². The van der Waals surface area contributed by atoms with Gasteiger partial charge in [-0.3, -0.25) is 9.59 Å². The average molecular weight is 292 g/mol. The van der Waals surface area contributed by atoms with Gasteiger partial charge in [-0.25, -0.2) is 0 Å². The molecule has 1 rings (SSSR count). The number of likely N-dealkylation sites (N-methyl/N-ethyl adjacent to an activating group) is 2. The van der Waals surface area contributed by atoms with E-state index >= 15 is 0 Å². The van der Waals surface area contributed by atoms with E-state index in [1.54, 1.807) is 11.9 Å². The number of amides is 2. The molecule has 1 aromatic rings. The number of carbonyl (C=O) groups is 2. The van der Waals surface area contributed by atoms with E-state index < -0.39 is 0 Å². The predicted molar refractivity (Wildman–Crippen MR) is 84.3 cm³/mol. The molecule has 0 spiro atoms. The van der Waals surface area contributed by atoms with E-state index in [1.807, 2.05) is 58.2 Å². The number of hydrogen-bond acceptors (Lipinski definition) is 2. The minimum atomic E-state index is -0.284. The maximum atomic E-state index is 12.5. The molecule has 5 nitrogen and oxygen atoms in total. The lowest BCUT2D eigenvalue weighted by Crippen LogP contribution is -3.15. The van der Waals surface area contributed by atoms with Crippen molar-refractivity contribution in [1.82, 2.24) is 5.32 Å². The summed E-state index contributed by atoms with van der Waals surface area (Å²) >= 11 is 0. The Kier molecular flexibility index (Phi) is 6.37. The standard InChI is InChI=1S/C16H25N3O2/c1-12(2)17-15(20)11-18(4)13(3)16(21)19(5)14-9-7-6-8-10-14/h6-10,12-13H,11H2,1-5H3,(H,17,20)/p+1/t13-/m0/s1. The Hall–Kier alpha value is -1.88. The fourth-order valence-corrected chi connectivity index (χ4v) is 2.06. The van der Waals surface area contributed by atoms with Crippen LogP contribution in [0.5, 0.6) is 0 Å². The number of nitrogens with zero attached hydrogens (tertiary/aromatic N) is 1. The molecule has 2 amide bonds. The van der Waals surface area contributed by atoms with Crippen molar-refractivity contribution in [1.29, 1.82) is 0 Å². The second-order valence-electron chi connectivity index (χ2n) is 5.70. The van der Waals surface area contributed by atoms with Crippen LogP contribution in [0, 0.1) is 0 Å². The molecule has 0 aliphatic heterocycles. The molecule has 5 heteroatoms.